The van der Waals surface area contributed by atoms with Gasteiger partial charge in [-0.05, 0) is 12.1 Å². The third-order valence-electron chi connectivity index (χ3n) is 2.38. The van der Waals surface area contributed by atoms with Gasteiger partial charge in [0.1, 0.15) is 0 Å². The van der Waals surface area contributed by atoms with E-state index in [9.17, 15) is 5.11 Å². The third-order valence-corrected chi connectivity index (χ3v) is 2.93. The van der Waals surface area contributed by atoms with Crippen LogP contribution in [0.25, 0.3) is 0 Å². The lowest BCUT2D eigenvalue weighted by Gasteiger charge is -2.25. The van der Waals surface area contributed by atoms with E-state index in [2.05, 4.69) is 4.98 Å². The highest BCUT2D eigenvalue weighted by molar-refractivity contribution is 6.35. The molecular weight excluding hydrogens is 261 g/mol. The number of halogens is 2. The molecule has 0 spiro atoms. The van der Waals surface area contributed by atoms with E-state index in [-0.39, 0.29) is 6.54 Å². The summed E-state index contributed by atoms with van der Waals surface area (Å²) in [5.41, 5.74) is 4.72. The summed E-state index contributed by atoms with van der Waals surface area (Å²) in [5.74, 6) is 0. The van der Waals surface area contributed by atoms with Gasteiger partial charge < -0.3 is 9.67 Å². The molecule has 90 valence electrons. The molecule has 0 saturated heterocycles. The van der Waals surface area contributed by atoms with Crippen LogP contribution in [0.15, 0.2) is 36.9 Å². The van der Waals surface area contributed by atoms with Crippen molar-refractivity contribution in [3.05, 3.63) is 52.5 Å². The summed E-state index contributed by atoms with van der Waals surface area (Å²) < 4.78 is 1.67. The van der Waals surface area contributed by atoms with Crippen molar-refractivity contribution in [1.29, 1.82) is 0 Å². The number of aliphatic hydroxyl groups is 1. The second-order valence-electron chi connectivity index (χ2n) is 3.78. The Morgan fingerprint density at radius 1 is 1.41 bits per heavy atom. The third kappa shape index (κ3) is 2.79. The molecule has 1 atom stereocenters. The van der Waals surface area contributed by atoms with Gasteiger partial charge >= 0.3 is 0 Å². The number of rotatable bonds is 3. The van der Waals surface area contributed by atoms with Crippen LogP contribution in [-0.4, -0.2) is 14.7 Å². The van der Waals surface area contributed by atoms with Gasteiger partial charge in [-0.3, -0.25) is 5.73 Å². The van der Waals surface area contributed by atoms with Crippen LogP contribution in [0.3, 0.4) is 0 Å². The van der Waals surface area contributed by atoms with Crippen LogP contribution in [0, 0.1) is 0 Å². The van der Waals surface area contributed by atoms with Crippen molar-refractivity contribution in [2.24, 2.45) is 5.73 Å². The molecule has 3 N–H and O–H groups in total. The number of hydrogen-bond acceptors (Lipinski definition) is 3. The number of nitrogens with two attached hydrogens (primary N) is 1. The molecule has 1 aromatic heterocycles. The van der Waals surface area contributed by atoms with E-state index < -0.39 is 5.72 Å². The quantitative estimate of drug-likeness (QED) is 0.840. The van der Waals surface area contributed by atoms with Crippen molar-refractivity contribution in [3.63, 3.8) is 0 Å². The summed E-state index contributed by atoms with van der Waals surface area (Å²) in [6.07, 6.45) is 4.89. The minimum atomic E-state index is -1.57. The number of benzene rings is 1. The Morgan fingerprint density at radius 2 is 2.18 bits per heavy atom. The smallest absolute Gasteiger partial charge is 0.159 e. The van der Waals surface area contributed by atoms with Crippen LogP contribution in [0.5, 0.6) is 0 Å². The van der Waals surface area contributed by atoms with Crippen LogP contribution in [0.1, 0.15) is 5.56 Å². The molecule has 6 heteroatoms. The number of nitrogens with zero attached hydrogens (tertiary/aromatic N) is 2. The first-order chi connectivity index (χ1) is 7.99. The molecule has 0 fully saturated rings. The van der Waals surface area contributed by atoms with Crippen LogP contribution in [0.4, 0.5) is 0 Å². The second kappa shape index (κ2) is 4.66. The topological polar surface area (TPSA) is 64.1 Å². The summed E-state index contributed by atoms with van der Waals surface area (Å²) in [6.45, 7) is 0.161. The number of aromatic nitrogens is 2. The molecule has 0 amide bonds. The van der Waals surface area contributed by atoms with Crippen molar-refractivity contribution in [2.75, 3.05) is 0 Å². The fourth-order valence-electron chi connectivity index (χ4n) is 1.58. The fourth-order valence-corrected chi connectivity index (χ4v) is 2.16. The molecule has 0 aliphatic heterocycles. The molecule has 0 radical (unpaired) electrons. The van der Waals surface area contributed by atoms with Gasteiger partial charge in [0.05, 0.1) is 12.9 Å². The molecule has 1 unspecified atom stereocenters. The fraction of sp³-hybridized carbons (Fsp3) is 0.182. The normalized spacial score (nSPS) is 14.6. The lowest BCUT2D eigenvalue weighted by atomic mass is 10.0. The summed E-state index contributed by atoms with van der Waals surface area (Å²) in [5, 5.41) is 11.1. The van der Waals surface area contributed by atoms with E-state index in [1.165, 1.54) is 0 Å². The van der Waals surface area contributed by atoms with Crippen molar-refractivity contribution >= 4 is 23.2 Å². The molecule has 17 heavy (non-hydrogen) atoms. The first-order valence-corrected chi connectivity index (χ1v) is 5.67. The summed E-state index contributed by atoms with van der Waals surface area (Å²) in [6, 6.07) is 4.79. The van der Waals surface area contributed by atoms with Crippen molar-refractivity contribution < 1.29 is 5.11 Å². The lowest BCUT2D eigenvalue weighted by Crippen LogP contribution is -2.40. The summed E-state index contributed by atoms with van der Waals surface area (Å²) in [4.78, 5) is 3.88. The average Bonchev–Trinajstić information content (AvgIpc) is 2.68. The van der Waals surface area contributed by atoms with E-state index in [0.29, 0.717) is 15.6 Å². The molecule has 0 aliphatic carbocycles. The van der Waals surface area contributed by atoms with Gasteiger partial charge in [-0.15, -0.1) is 0 Å². The van der Waals surface area contributed by atoms with E-state index >= 15 is 0 Å². The molecule has 1 aromatic carbocycles. The maximum atomic E-state index is 10.2. The van der Waals surface area contributed by atoms with Gasteiger partial charge in [0.15, 0.2) is 5.72 Å². The molecule has 0 aliphatic rings. The first-order valence-electron chi connectivity index (χ1n) is 4.91. The Balaban J connectivity index is 2.30. The Morgan fingerprint density at radius 3 is 2.76 bits per heavy atom. The Hall–Kier alpha value is -1.07. The van der Waals surface area contributed by atoms with Crippen LogP contribution in [0.2, 0.25) is 10.0 Å². The highest BCUT2D eigenvalue weighted by Crippen LogP contribution is 2.28. The predicted molar refractivity (Wildman–Crippen MR) is 66.8 cm³/mol. The molecule has 4 nitrogen and oxygen atoms in total. The van der Waals surface area contributed by atoms with Gasteiger partial charge in [-0.1, -0.05) is 29.3 Å². The molecule has 0 saturated carbocycles. The molecule has 0 bridgehead atoms. The highest BCUT2D eigenvalue weighted by Gasteiger charge is 2.27. The summed E-state index contributed by atoms with van der Waals surface area (Å²) in [7, 11) is 0. The van der Waals surface area contributed by atoms with Crippen molar-refractivity contribution in [3.8, 4) is 0 Å². The van der Waals surface area contributed by atoms with Crippen molar-refractivity contribution in [2.45, 2.75) is 12.3 Å². The SMILES string of the molecule is NC(O)(Cn1ccnc1)c1ccc(Cl)cc1Cl. The average molecular weight is 272 g/mol. The van der Waals surface area contributed by atoms with Crippen molar-refractivity contribution in [1.82, 2.24) is 9.55 Å². The van der Waals surface area contributed by atoms with Gasteiger partial charge in [0.2, 0.25) is 0 Å². The highest BCUT2D eigenvalue weighted by atomic mass is 35.5. The van der Waals surface area contributed by atoms with Gasteiger partial charge in [0, 0.05) is 28.0 Å². The minimum absolute atomic E-state index is 0.161. The van der Waals surface area contributed by atoms with Crippen LogP contribution >= 0.6 is 23.2 Å². The number of hydrogen-bond donors (Lipinski definition) is 2. The van der Waals surface area contributed by atoms with Crippen LogP contribution < -0.4 is 5.73 Å². The Bertz CT molecular complexity index is 511. The van der Waals surface area contributed by atoms with E-state index in [0.717, 1.165) is 0 Å². The van der Waals surface area contributed by atoms with E-state index in [1.807, 2.05) is 0 Å². The second-order valence-corrected chi connectivity index (χ2v) is 4.63. The maximum Gasteiger partial charge on any atom is 0.159 e. The maximum absolute atomic E-state index is 10.2. The zero-order valence-electron chi connectivity index (χ0n) is 8.85. The Kier molecular flexibility index (Phi) is 3.40. The summed E-state index contributed by atoms with van der Waals surface area (Å²) >= 11 is 11.8. The molecule has 1 heterocycles. The Labute approximate surface area is 109 Å². The molecule has 2 aromatic rings. The standard InChI is InChI=1S/C11H11Cl2N3O/c12-8-1-2-9(10(13)5-8)11(14,17)6-16-4-3-15-7-16/h1-5,7,17H,6,14H2. The first kappa shape index (κ1) is 12.4. The lowest BCUT2D eigenvalue weighted by molar-refractivity contribution is 0.0251. The van der Waals surface area contributed by atoms with E-state index in [4.69, 9.17) is 28.9 Å². The zero-order valence-corrected chi connectivity index (χ0v) is 10.4. The largest absolute Gasteiger partial charge is 0.370 e. The molecule has 2 rings (SSSR count). The van der Waals surface area contributed by atoms with E-state index in [1.54, 1.807) is 41.5 Å². The zero-order chi connectivity index (χ0) is 12.5. The van der Waals surface area contributed by atoms with Gasteiger partial charge in [0.25, 0.3) is 0 Å². The molecular formula is C11H11Cl2N3O. The monoisotopic (exact) mass is 271 g/mol. The van der Waals surface area contributed by atoms with Gasteiger partial charge in [-0.2, -0.15) is 0 Å². The van der Waals surface area contributed by atoms with Crippen LogP contribution in [-0.2, 0) is 12.3 Å². The van der Waals surface area contributed by atoms with Gasteiger partial charge in [-0.25, -0.2) is 4.98 Å². The predicted octanol–water partition coefficient (Wildman–Crippen LogP) is 1.99. The minimum Gasteiger partial charge on any atom is -0.370 e. The number of imidazole rings is 1.